The molecule has 0 amide bonds. The van der Waals surface area contributed by atoms with E-state index in [1.165, 1.54) is 6.20 Å². The number of nitrogens with two attached hydrogens (primary N) is 2. The van der Waals surface area contributed by atoms with Gasteiger partial charge in [0.25, 0.3) is 0 Å². The molecule has 0 saturated carbocycles. The molecule has 9 heteroatoms. The zero-order valence-corrected chi connectivity index (χ0v) is 18.5. The van der Waals surface area contributed by atoms with Crippen molar-refractivity contribution < 1.29 is 18.6 Å². The third kappa shape index (κ3) is 4.12. The van der Waals surface area contributed by atoms with Crippen LogP contribution in [0.4, 0.5) is 5.82 Å². The molecule has 0 aliphatic carbocycles. The number of aromatic nitrogens is 3. The summed E-state index contributed by atoms with van der Waals surface area (Å²) in [6.07, 6.45) is 1.54. The Balaban J connectivity index is 0.00000306. The third-order valence-electron chi connectivity index (χ3n) is 5.13. The summed E-state index contributed by atoms with van der Waals surface area (Å²) < 4.78 is 30.2. The van der Waals surface area contributed by atoms with Crippen LogP contribution in [0.15, 0.2) is 70.2 Å². The summed E-state index contributed by atoms with van der Waals surface area (Å²) in [7, 11) is -3.35. The number of nitrogen functional groups attached to an aromatic ring is 1. The highest BCUT2D eigenvalue weighted by atomic mass is 32.2. The predicted octanol–water partition coefficient (Wildman–Crippen LogP) is 4.67. The number of hydrogen-bond donors (Lipinski definition) is 2. The van der Waals surface area contributed by atoms with E-state index in [9.17, 15) is 8.42 Å². The molecule has 172 valence electrons. The average Bonchev–Trinajstić information content (AvgIpc) is 3.29. The Morgan fingerprint density at radius 3 is 2.25 bits per heavy atom. The Labute approximate surface area is 192 Å². The Morgan fingerprint density at radius 1 is 1.00 bits per heavy atom. The molecule has 2 aromatic heterocycles. The average molecular weight is 458 g/mol. The minimum atomic E-state index is -3.35. The maximum Gasteiger partial charge on any atom is 0.189 e. The topological polar surface area (TPSA) is 138 Å². The van der Waals surface area contributed by atoms with Gasteiger partial charge in [0.05, 0.1) is 22.0 Å². The maximum absolute atomic E-state index is 12.3. The third-order valence-corrected chi connectivity index (χ3v) is 7.30. The first-order valence-electron chi connectivity index (χ1n) is 10.0. The van der Waals surface area contributed by atoms with Crippen LogP contribution in [0.25, 0.3) is 34.0 Å². The monoisotopic (exact) mass is 457 g/mol. The van der Waals surface area contributed by atoms with Crippen molar-refractivity contribution in [2.75, 3.05) is 5.73 Å². The quantitative estimate of drug-likeness (QED) is 0.426. The van der Waals surface area contributed by atoms with Gasteiger partial charge in [-0.15, -0.1) is 0 Å². The van der Waals surface area contributed by atoms with E-state index < -0.39 is 15.1 Å². The fourth-order valence-electron chi connectivity index (χ4n) is 3.14. The largest absolute Gasteiger partial charge is 0.382 e. The van der Waals surface area contributed by atoms with Crippen molar-refractivity contribution in [3.05, 3.63) is 66.4 Å². The second-order valence-electron chi connectivity index (χ2n) is 7.58. The van der Waals surface area contributed by atoms with Crippen LogP contribution in [0.1, 0.15) is 25.1 Å². The lowest BCUT2D eigenvalue weighted by Gasteiger charge is -2.09. The van der Waals surface area contributed by atoms with Gasteiger partial charge in [-0.3, -0.25) is 0 Å². The lowest BCUT2D eigenvalue weighted by molar-refractivity contribution is 0.434. The van der Waals surface area contributed by atoms with Crippen LogP contribution >= 0.6 is 0 Å². The molecule has 2 heterocycles. The van der Waals surface area contributed by atoms with Gasteiger partial charge in [-0.1, -0.05) is 41.6 Å². The first-order valence-corrected chi connectivity index (χ1v) is 11.6. The van der Waals surface area contributed by atoms with E-state index in [0.29, 0.717) is 35.0 Å². The molecule has 32 heavy (non-hydrogen) atoms. The van der Waals surface area contributed by atoms with Gasteiger partial charge < -0.3 is 16.0 Å². The summed E-state index contributed by atoms with van der Waals surface area (Å²) in [6.45, 7) is 3.77. The van der Waals surface area contributed by atoms with Crippen LogP contribution < -0.4 is 11.5 Å². The summed E-state index contributed by atoms with van der Waals surface area (Å²) in [5, 5.41) is 3.62. The molecule has 4 rings (SSSR count). The zero-order valence-electron chi connectivity index (χ0n) is 17.7. The van der Waals surface area contributed by atoms with Gasteiger partial charge in [0.2, 0.25) is 0 Å². The second-order valence-corrected chi connectivity index (χ2v) is 10.1. The number of benzene rings is 2. The van der Waals surface area contributed by atoms with Gasteiger partial charge in [-0.2, -0.15) is 0 Å². The van der Waals surface area contributed by atoms with E-state index in [4.69, 9.17) is 16.0 Å². The fraction of sp³-hybridized carbons (Fsp3) is 0.174. The zero-order chi connectivity index (χ0) is 22.9. The van der Waals surface area contributed by atoms with E-state index >= 15 is 0 Å². The molecule has 0 unspecified atom stereocenters. The summed E-state index contributed by atoms with van der Waals surface area (Å²) in [4.78, 5) is 9.08. The van der Waals surface area contributed by atoms with Crippen molar-refractivity contribution in [1.29, 1.82) is 0 Å². The lowest BCUT2D eigenvalue weighted by Crippen LogP contribution is -2.13. The highest BCUT2D eigenvalue weighted by molar-refractivity contribution is 7.92. The Hall–Kier alpha value is -3.56. The van der Waals surface area contributed by atoms with Crippen molar-refractivity contribution in [3.63, 3.8) is 0 Å². The predicted molar refractivity (Wildman–Crippen MR) is 131 cm³/mol. The van der Waals surface area contributed by atoms with Crippen LogP contribution in [0.2, 0.25) is 0 Å². The summed E-state index contributed by atoms with van der Waals surface area (Å²) >= 11 is 0. The van der Waals surface area contributed by atoms with Crippen LogP contribution in [-0.2, 0) is 16.4 Å². The van der Waals surface area contributed by atoms with Crippen molar-refractivity contribution >= 4 is 15.7 Å². The molecule has 0 saturated heterocycles. The van der Waals surface area contributed by atoms with Gasteiger partial charge in [-0.05, 0) is 31.5 Å². The number of hydrogen-bond acceptors (Lipinski definition) is 8. The lowest BCUT2D eigenvalue weighted by atomic mass is 10.1. The van der Waals surface area contributed by atoms with Crippen molar-refractivity contribution in [2.24, 2.45) is 5.73 Å². The first-order chi connectivity index (χ1) is 15.3. The molecule has 0 spiro atoms. The number of nitrogens with zero attached hydrogens (tertiary/aromatic N) is 3. The standard InChI is InChI=1S/C23H23N5O3S.4H2/c1-14(2)32(29,30)18-9-7-17(8-10-18)20-13-26-23(25)22(27-20)21-11-19(28-31-21)16-5-3-15(12-24)4-6-16;;;;/h3-11,13-14H,12,24H2,1-2H3,(H2,25,26);4*1H. The van der Waals surface area contributed by atoms with Gasteiger partial charge in [0.15, 0.2) is 27.1 Å². The molecule has 0 aliphatic rings. The summed E-state index contributed by atoms with van der Waals surface area (Å²) in [5.74, 6) is 0.586. The Morgan fingerprint density at radius 2 is 1.62 bits per heavy atom. The van der Waals surface area contributed by atoms with Gasteiger partial charge in [0, 0.05) is 29.4 Å². The summed E-state index contributed by atoms with van der Waals surface area (Å²) in [6, 6.07) is 16.0. The highest BCUT2D eigenvalue weighted by Crippen LogP contribution is 2.30. The van der Waals surface area contributed by atoms with E-state index in [1.807, 2.05) is 24.3 Å². The SMILES string of the molecule is CC(C)S(=O)(=O)c1ccc(-c2cnc(N)c(-c3cc(-c4ccc(CN)cc4)no3)n2)cc1.[HH].[HH].[HH].[HH]. The van der Waals surface area contributed by atoms with Crippen LogP contribution in [0.5, 0.6) is 0 Å². The molecule has 0 bridgehead atoms. The van der Waals surface area contributed by atoms with Crippen LogP contribution in [0.3, 0.4) is 0 Å². The van der Waals surface area contributed by atoms with Gasteiger partial charge >= 0.3 is 0 Å². The molecule has 0 radical (unpaired) electrons. The molecule has 0 fully saturated rings. The van der Waals surface area contributed by atoms with E-state index in [2.05, 4.69) is 15.1 Å². The minimum absolute atomic E-state index is 0. The van der Waals surface area contributed by atoms with Crippen molar-refractivity contribution in [1.82, 2.24) is 15.1 Å². The highest BCUT2D eigenvalue weighted by Gasteiger charge is 2.20. The summed E-state index contributed by atoms with van der Waals surface area (Å²) in [5.41, 5.74) is 15.8. The molecule has 0 aliphatic heterocycles. The smallest absolute Gasteiger partial charge is 0.189 e. The second kappa shape index (κ2) is 8.52. The Kier molecular flexibility index (Phi) is 5.77. The van der Waals surface area contributed by atoms with Crippen molar-refractivity contribution in [2.45, 2.75) is 30.5 Å². The van der Waals surface area contributed by atoms with E-state index in [0.717, 1.165) is 11.1 Å². The molecular formula is C23H31N5O3S. The normalized spacial score (nSPS) is 11.8. The molecule has 4 aromatic rings. The molecule has 0 atom stereocenters. The maximum atomic E-state index is 12.3. The fourth-order valence-corrected chi connectivity index (χ4v) is 4.20. The van der Waals surface area contributed by atoms with Crippen molar-refractivity contribution in [3.8, 4) is 34.0 Å². The number of anilines is 1. The first kappa shape index (κ1) is 21.7. The van der Waals surface area contributed by atoms with Gasteiger partial charge in [-0.25, -0.2) is 18.4 Å². The van der Waals surface area contributed by atoms with Crippen LogP contribution in [0, 0.1) is 0 Å². The Bertz CT molecular complexity index is 1360. The number of rotatable bonds is 6. The van der Waals surface area contributed by atoms with E-state index in [-0.39, 0.29) is 16.4 Å². The molecule has 2 aromatic carbocycles. The minimum Gasteiger partial charge on any atom is -0.382 e. The van der Waals surface area contributed by atoms with Gasteiger partial charge in [0.1, 0.15) is 5.69 Å². The molecular weight excluding hydrogens is 426 g/mol. The molecule has 4 N–H and O–H groups in total. The van der Waals surface area contributed by atoms with Crippen LogP contribution in [-0.4, -0.2) is 28.8 Å². The van der Waals surface area contributed by atoms with E-state index in [1.54, 1.807) is 44.2 Å². The molecule has 8 nitrogen and oxygen atoms in total. The number of sulfone groups is 1.